The van der Waals surface area contributed by atoms with Crippen molar-refractivity contribution in [3.8, 4) is 0 Å². The predicted octanol–water partition coefficient (Wildman–Crippen LogP) is 1.84. The molecule has 7 heteroatoms. The monoisotopic (exact) mass is 304 g/mol. The van der Waals surface area contributed by atoms with Crippen molar-refractivity contribution in [2.45, 2.75) is 52.2 Å². The Balaban J connectivity index is 2.51. The zero-order valence-corrected chi connectivity index (χ0v) is 13.4. The minimum Gasteiger partial charge on any atom is -0.444 e. The van der Waals surface area contributed by atoms with Crippen molar-refractivity contribution in [2.24, 2.45) is 0 Å². The molecule has 0 spiro atoms. The Morgan fingerprint density at radius 1 is 1.30 bits per heavy atom. The van der Waals surface area contributed by atoms with Gasteiger partial charge in [-0.15, -0.1) is 0 Å². The molecular weight excluding hydrogens is 280 g/mol. The lowest BCUT2D eigenvalue weighted by Crippen LogP contribution is -2.37. The van der Waals surface area contributed by atoms with Crippen LogP contribution in [0.4, 0.5) is 4.79 Å². The van der Waals surface area contributed by atoms with Gasteiger partial charge in [-0.1, -0.05) is 0 Å². The second-order valence-electron chi connectivity index (χ2n) is 5.91. The Morgan fingerprint density at radius 3 is 2.35 bits per heavy atom. The Hall–Kier alpha value is -1.08. The number of amides is 1. The maximum absolute atomic E-state index is 11.9. The van der Waals surface area contributed by atoms with E-state index in [-0.39, 0.29) is 0 Å². The van der Waals surface area contributed by atoms with Gasteiger partial charge >= 0.3 is 6.09 Å². The lowest BCUT2D eigenvalue weighted by atomic mass is 10.2. The molecule has 0 aromatic rings. The third kappa shape index (κ3) is 5.92. The summed E-state index contributed by atoms with van der Waals surface area (Å²) in [5, 5.41) is 3.72. The number of nitrogens with zero attached hydrogens (tertiary/aromatic N) is 1. The third-order valence-corrected chi connectivity index (χ3v) is 4.29. The van der Waals surface area contributed by atoms with E-state index in [1.807, 2.05) is 0 Å². The molecule has 1 N–H and O–H groups in total. The van der Waals surface area contributed by atoms with Crippen LogP contribution in [-0.2, 0) is 14.8 Å². The van der Waals surface area contributed by atoms with Crippen molar-refractivity contribution < 1.29 is 17.9 Å². The Labute approximate surface area is 121 Å². The highest BCUT2D eigenvalue weighted by molar-refractivity contribution is 7.92. The van der Waals surface area contributed by atoms with Gasteiger partial charge in [0.15, 0.2) is 0 Å². The Morgan fingerprint density at radius 2 is 1.85 bits per heavy atom. The summed E-state index contributed by atoms with van der Waals surface area (Å²) in [5.74, 6) is 0. The molecule has 0 saturated carbocycles. The molecule has 0 bridgehead atoms. The van der Waals surface area contributed by atoms with E-state index in [2.05, 4.69) is 5.32 Å². The second kappa shape index (κ2) is 6.58. The van der Waals surface area contributed by atoms with Crippen molar-refractivity contribution in [2.75, 3.05) is 13.1 Å². The van der Waals surface area contributed by atoms with Crippen LogP contribution in [0.2, 0.25) is 0 Å². The van der Waals surface area contributed by atoms with E-state index in [0.29, 0.717) is 13.1 Å². The molecule has 1 aliphatic rings. The van der Waals surface area contributed by atoms with Crippen molar-refractivity contribution in [3.63, 3.8) is 0 Å². The van der Waals surface area contributed by atoms with Crippen molar-refractivity contribution in [1.82, 2.24) is 9.62 Å². The van der Waals surface area contributed by atoms with Gasteiger partial charge in [0.05, 0.1) is 0 Å². The van der Waals surface area contributed by atoms with Crippen molar-refractivity contribution >= 4 is 16.1 Å². The highest BCUT2D eigenvalue weighted by atomic mass is 32.2. The SMILES string of the molecule is C[C@@H](/C=C/S(=O)(=O)N1CCCC1)NC(=O)OC(C)(C)C. The number of carbonyl (C=O) groups excluding carboxylic acids is 1. The molecule has 1 amide bonds. The van der Waals surface area contributed by atoms with Gasteiger partial charge in [0.1, 0.15) is 5.60 Å². The first-order valence-electron chi connectivity index (χ1n) is 6.78. The first-order valence-corrected chi connectivity index (χ1v) is 8.28. The highest BCUT2D eigenvalue weighted by Gasteiger charge is 2.23. The number of carbonyl (C=O) groups is 1. The molecule has 1 aliphatic heterocycles. The first kappa shape index (κ1) is 17.0. The molecule has 20 heavy (non-hydrogen) atoms. The van der Waals surface area contributed by atoms with Crippen molar-refractivity contribution in [1.29, 1.82) is 0 Å². The maximum Gasteiger partial charge on any atom is 0.408 e. The van der Waals surface area contributed by atoms with E-state index in [4.69, 9.17) is 4.74 Å². The van der Waals surface area contributed by atoms with Gasteiger partial charge in [-0.2, -0.15) is 4.31 Å². The smallest absolute Gasteiger partial charge is 0.408 e. The molecule has 0 aliphatic carbocycles. The van der Waals surface area contributed by atoms with E-state index in [1.165, 1.54) is 10.4 Å². The number of rotatable bonds is 4. The van der Waals surface area contributed by atoms with Gasteiger partial charge in [-0.3, -0.25) is 0 Å². The topological polar surface area (TPSA) is 75.7 Å². The lowest BCUT2D eigenvalue weighted by molar-refractivity contribution is 0.0518. The standard InChI is InChI=1S/C13H24N2O4S/c1-11(14-12(16)19-13(2,3)4)7-10-20(17,18)15-8-5-6-9-15/h7,10-11H,5-6,8-9H2,1-4H3,(H,14,16)/b10-7+/t11-/m0/s1. The van der Waals surface area contributed by atoms with Crippen LogP contribution in [0.5, 0.6) is 0 Å². The fourth-order valence-corrected chi connectivity index (χ4v) is 3.16. The van der Waals surface area contributed by atoms with Gasteiger partial charge in [-0.05, 0) is 46.6 Å². The van der Waals surface area contributed by atoms with Crippen LogP contribution in [0.1, 0.15) is 40.5 Å². The van der Waals surface area contributed by atoms with Crippen LogP contribution in [0.15, 0.2) is 11.5 Å². The van der Waals surface area contributed by atoms with Crippen LogP contribution in [-0.4, -0.2) is 43.5 Å². The number of hydrogen-bond acceptors (Lipinski definition) is 4. The van der Waals surface area contributed by atoms with E-state index < -0.39 is 27.8 Å². The molecule has 116 valence electrons. The van der Waals surface area contributed by atoms with Gasteiger partial charge < -0.3 is 10.1 Å². The largest absolute Gasteiger partial charge is 0.444 e. The summed E-state index contributed by atoms with van der Waals surface area (Å²) in [6.45, 7) is 8.14. The summed E-state index contributed by atoms with van der Waals surface area (Å²) in [6.07, 6.45) is 2.70. The van der Waals surface area contributed by atoms with Crippen LogP contribution >= 0.6 is 0 Å². The van der Waals surface area contributed by atoms with Crippen LogP contribution < -0.4 is 5.32 Å². The molecule has 6 nitrogen and oxygen atoms in total. The first-order chi connectivity index (χ1) is 9.10. The second-order valence-corrected chi connectivity index (χ2v) is 7.73. The van der Waals surface area contributed by atoms with E-state index >= 15 is 0 Å². The summed E-state index contributed by atoms with van der Waals surface area (Å²) < 4.78 is 30.4. The normalized spacial score (nSPS) is 19.2. The molecule has 0 unspecified atom stereocenters. The zero-order chi connectivity index (χ0) is 15.4. The van der Waals surface area contributed by atoms with Crippen LogP contribution in [0.3, 0.4) is 0 Å². The van der Waals surface area contributed by atoms with Crippen molar-refractivity contribution in [3.05, 3.63) is 11.5 Å². The average Bonchev–Trinajstić information content (AvgIpc) is 2.77. The van der Waals surface area contributed by atoms with Gasteiger partial charge in [0.25, 0.3) is 0 Å². The van der Waals surface area contributed by atoms with E-state index in [9.17, 15) is 13.2 Å². The molecule has 1 heterocycles. The lowest BCUT2D eigenvalue weighted by Gasteiger charge is -2.21. The molecule has 1 rings (SSSR count). The molecule has 0 aromatic carbocycles. The molecule has 1 fully saturated rings. The number of nitrogens with one attached hydrogen (secondary N) is 1. The van der Waals surface area contributed by atoms with Gasteiger partial charge in [0.2, 0.25) is 10.0 Å². The fraction of sp³-hybridized carbons (Fsp3) is 0.769. The molecule has 0 aromatic heterocycles. The molecule has 1 saturated heterocycles. The number of hydrogen-bond donors (Lipinski definition) is 1. The number of ether oxygens (including phenoxy) is 1. The third-order valence-electron chi connectivity index (χ3n) is 2.71. The van der Waals surface area contributed by atoms with E-state index in [1.54, 1.807) is 27.7 Å². The zero-order valence-electron chi connectivity index (χ0n) is 12.5. The summed E-state index contributed by atoms with van der Waals surface area (Å²) in [7, 11) is -3.37. The summed E-state index contributed by atoms with van der Waals surface area (Å²) in [5.41, 5.74) is -0.574. The van der Waals surface area contributed by atoms with E-state index in [0.717, 1.165) is 18.2 Å². The molecule has 0 radical (unpaired) electrons. The molecule has 1 atom stereocenters. The number of alkyl carbamates (subject to hydrolysis) is 1. The van der Waals surface area contributed by atoms with Gasteiger partial charge in [-0.25, -0.2) is 13.2 Å². The fourth-order valence-electron chi connectivity index (χ4n) is 1.79. The summed E-state index contributed by atoms with van der Waals surface area (Å²) in [6, 6.07) is -0.415. The van der Waals surface area contributed by atoms with Crippen LogP contribution in [0, 0.1) is 0 Å². The predicted molar refractivity (Wildman–Crippen MR) is 77.7 cm³/mol. The highest BCUT2D eigenvalue weighted by Crippen LogP contribution is 2.14. The van der Waals surface area contributed by atoms with Gasteiger partial charge in [0, 0.05) is 24.5 Å². The minimum atomic E-state index is -3.37. The van der Waals surface area contributed by atoms with Crippen LogP contribution in [0.25, 0.3) is 0 Å². The molecular formula is C13H24N2O4S. The number of sulfonamides is 1. The quantitative estimate of drug-likeness (QED) is 0.860. The Kier molecular flexibility index (Phi) is 5.59. The minimum absolute atomic E-state index is 0.415. The average molecular weight is 304 g/mol. The maximum atomic E-state index is 11.9. The Bertz CT molecular complexity index is 459. The summed E-state index contributed by atoms with van der Waals surface area (Å²) in [4.78, 5) is 11.5. The summed E-state index contributed by atoms with van der Waals surface area (Å²) >= 11 is 0.